The Labute approximate surface area is 563 Å². The smallest absolute Gasteiger partial charge is 0.311 e. The molecule has 20 nitrogen and oxygen atoms in total. The third kappa shape index (κ3) is 122. The predicted molar refractivity (Wildman–Crippen MR) is 373 cm³/mol. The Morgan fingerprint density at radius 3 is 0.728 bits per heavy atom. The monoisotopic (exact) mass is 1330 g/mol. The van der Waals surface area contributed by atoms with Crippen molar-refractivity contribution in [3.05, 3.63) is 0 Å². The summed E-state index contributed by atoms with van der Waals surface area (Å²) in [6.45, 7) is 54.8. The average Bonchev–Trinajstić information content (AvgIpc) is 3.38. The highest BCUT2D eigenvalue weighted by Crippen LogP contribution is 2.16. The van der Waals surface area contributed by atoms with Gasteiger partial charge in [-0.05, 0) is 119 Å². The van der Waals surface area contributed by atoms with E-state index in [1.165, 1.54) is 13.8 Å². The van der Waals surface area contributed by atoms with Gasteiger partial charge in [-0.15, -0.1) is 0 Å². The van der Waals surface area contributed by atoms with E-state index in [1.807, 2.05) is 118 Å². The first-order chi connectivity index (χ1) is 42.6. The van der Waals surface area contributed by atoms with Gasteiger partial charge in [0.1, 0.15) is 0 Å². The largest absolute Gasteiger partial charge is 0.466 e. The number of rotatable bonds is 33. The lowest BCUT2D eigenvalue weighted by atomic mass is 9.97. The summed E-state index contributed by atoms with van der Waals surface area (Å²) in [5.74, 6) is -1.09. The Balaban J connectivity index is -0.0000000881. The Bertz CT molecular complexity index is 1650. The van der Waals surface area contributed by atoms with Crippen molar-refractivity contribution in [3.8, 4) is 0 Å². The Hall–Kier alpha value is -5.30. The van der Waals surface area contributed by atoms with Crippen molar-refractivity contribution in [1.82, 2.24) is 0 Å². The van der Waals surface area contributed by atoms with Crippen LogP contribution in [0.4, 0.5) is 0 Å². The molecule has 0 aromatic heterocycles. The van der Waals surface area contributed by atoms with Gasteiger partial charge in [-0.2, -0.15) is 0 Å². The maximum absolute atomic E-state index is 11.1. The Morgan fingerprint density at radius 2 is 0.478 bits per heavy atom. The van der Waals surface area contributed by atoms with Gasteiger partial charge in [0.05, 0.1) is 88.7 Å². The number of carbonyl (C=O) groups is 10. The zero-order valence-corrected chi connectivity index (χ0v) is 63.2. The predicted octanol–water partition coefficient (Wildman–Crippen LogP) is 17.8. The van der Waals surface area contributed by atoms with Gasteiger partial charge in [0, 0.05) is 39.5 Å². The molecule has 0 amide bonds. The zero-order valence-electron chi connectivity index (χ0n) is 63.2. The van der Waals surface area contributed by atoms with Crippen LogP contribution in [0.25, 0.3) is 0 Å². The maximum atomic E-state index is 11.1. The van der Waals surface area contributed by atoms with Gasteiger partial charge in [0.15, 0.2) is 0 Å². The highest BCUT2D eigenvalue weighted by Gasteiger charge is 2.23. The second-order valence-electron chi connectivity index (χ2n) is 23.0. The fourth-order valence-electron chi connectivity index (χ4n) is 4.25. The molecule has 20 heteroatoms. The van der Waals surface area contributed by atoms with Crippen LogP contribution in [0.1, 0.15) is 322 Å². The van der Waals surface area contributed by atoms with Crippen LogP contribution in [0.5, 0.6) is 0 Å². The number of hydrogen-bond acceptors (Lipinski definition) is 20. The van der Waals surface area contributed by atoms with E-state index in [1.54, 1.807) is 13.8 Å². The molecule has 0 saturated carbocycles. The van der Waals surface area contributed by atoms with Gasteiger partial charge in [-0.3, -0.25) is 47.9 Å². The van der Waals surface area contributed by atoms with E-state index in [2.05, 4.69) is 44.1 Å². The summed E-state index contributed by atoms with van der Waals surface area (Å²) in [6.07, 6.45) is 18.6. The van der Waals surface area contributed by atoms with E-state index < -0.39 is 0 Å². The Morgan fingerprint density at radius 1 is 0.272 bits per heavy atom. The molecule has 0 spiro atoms. The minimum atomic E-state index is -0.353. The molecule has 0 aliphatic rings. The van der Waals surface area contributed by atoms with E-state index in [0.29, 0.717) is 91.8 Å². The third-order valence-electron chi connectivity index (χ3n) is 9.78. The van der Waals surface area contributed by atoms with Gasteiger partial charge in [-0.25, -0.2) is 0 Å². The molecule has 0 atom stereocenters. The molecule has 92 heavy (non-hydrogen) atoms. The first-order valence-electron chi connectivity index (χ1n) is 34.2. The fraction of sp³-hybridized carbons (Fsp3) is 0.861. The van der Waals surface area contributed by atoms with Crippen LogP contribution in [0.15, 0.2) is 0 Å². The number of hydrogen-bond donors (Lipinski definition) is 0. The zero-order chi connectivity index (χ0) is 72.9. The van der Waals surface area contributed by atoms with E-state index in [-0.39, 0.29) is 89.8 Å². The Kier molecular flexibility index (Phi) is 106. The van der Waals surface area contributed by atoms with E-state index in [4.69, 9.17) is 37.9 Å². The highest BCUT2D eigenvalue weighted by molar-refractivity contribution is 5.76. The van der Waals surface area contributed by atoms with Crippen LogP contribution in [-0.4, -0.2) is 126 Å². The normalized spacial score (nSPS) is 9.57. The lowest BCUT2D eigenvalue weighted by Gasteiger charge is -2.15. The third-order valence-corrected chi connectivity index (χ3v) is 9.78. The van der Waals surface area contributed by atoms with Gasteiger partial charge in [0.25, 0.3) is 0 Å². The van der Waals surface area contributed by atoms with Crippen molar-refractivity contribution in [2.45, 2.75) is 322 Å². The SMILES string of the molecule is C.CCCCOC(=O)C(C)(C)C.CCCCOC(=O)C(C)C.CCCCOC(=O)CC.CCCCOC(=O)CCC.CCCCOC(C)=O.CCCOC(=O)C(C)(C)C.CCCOC(=O)C(C)C.CCCOC(=O)CC.CCCOC(=O)CCC.CCCOC(C)=O. The molecular formula is C72H146O20. The maximum Gasteiger partial charge on any atom is 0.311 e. The quantitative estimate of drug-likeness (QED) is 0.0336. The van der Waals surface area contributed by atoms with E-state index in [9.17, 15) is 47.9 Å². The van der Waals surface area contributed by atoms with Crippen LogP contribution < -0.4 is 0 Å². The number of carbonyl (C=O) groups excluding carboxylic acids is 10. The van der Waals surface area contributed by atoms with Gasteiger partial charge in [-0.1, -0.05) is 164 Å². The first-order valence-corrected chi connectivity index (χ1v) is 34.2. The molecular weight excluding hydrogens is 1180 g/mol. The van der Waals surface area contributed by atoms with Gasteiger partial charge < -0.3 is 47.4 Å². The van der Waals surface area contributed by atoms with Gasteiger partial charge >= 0.3 is 59.7 Å². The van der Waals surface area contributed by atoms with E-state index >= 15 is 0 Å². The van der Waals surface area contributed by atoms with Crippen LogP contribution >= 0.6 is 0 Å². The van der Waals surface area contributed by atoms with Crippen LogP contribution in [-0.2, 0) is 95.3 Å². The fourth-order valence-corrected chi connectivity index (χ4v) is 4.25. The molecule has 0 heterocycles. The molecule has 0 aromatic carbocycles. The summed E-state index contributed by atoms with van der Waals surface area (Å²) in [4.78, 5) is 106. The molecule has 0 aliphatic heterocycles. The molecule has 0 rings (SSSR count). The second-order valence-corrected chi connectivity index (χ2v) is 23.0. The summed E-state index contributed by atoms with van der Waals surface area (Å²) >= 11 is 0. The summed E-state index contributed by atoms with van der Waals surface area (Å²) in [5.41, 5.74) is -0.705. The standard InChI is InChI=1S/C9H18O2.3C8H16O2.3C7H14O2.2C6H12O2.C5H10O2.CH4/c1-5-6-7-11-8(10)9(2,3)4;1-5-6-10-7(9)8(2,3)4;1-4-5-6-10-8(9)7(2)3;1-3-5-7-10-8(9)6-4-2;1-4-5-9-7(8)6(2)3;1-3-5-6-9-7(8)4-2;1-3-5-7(8)9-6-4-2;1-3-4-5-8-6(2)7;1-3-5-8-6(7)4-2;1-3-4-7-5(2)6;/h5-7H2,1-4H3;5-6H2,1-4H3;7H,4-6H2,1-3H3;3-7H2,1-2H3;6H,4-5H2,1-3H3;2*3-6H2,1-2H3;2*3-5H2,1-2H3;3-4H2,1-2H3;1H4. The first kappa shape index (κ1) is 111. The lowest BCUT2D eigenvalue weighted by Crippen LogP contribution is -2.23. The highest BCUT2D eigenvalue weighted by atomic mass is 16.6. The summed E-state index contributed by atoms with van der Waals surface area (Å²) in [7, 11) is 0. The minimum Gasteiger partial charge on any atom is -0.466 e. The van der Waals surface area contributed by atoms with Gasteiger partial charge in [0.2, 0.25) is 0 Å². The molecule has 0 aromatic rings. The molecule has 0 bridgehead atoms. The van der Waals surface area contributed by atoms with Crippen LogP contribution in [0.3, 0.4) is 0 Å². The van der Waals surface area contributed by atoms with Crippen molar-refractivity contribution in [3.63, 3.8) is 0 Å². The average molecular weight is 1330 g/mol. The van der Waals surface area contributed by atoms with Crippen LogP contribution in [0.2, 0.25) is 0 Å². The lowest BCUT2D eigenvalue weighted by molar-refractivity contribution is -0.153. The van der Waals surface area contributed by atoms with Crippen molar-refractivity contribution >= 4 is 59.7 Å². The number of ether oxygens (including phenoxy) is 10. The summed E-state index contributed by atoms with van der Waals surface area (Å²) in [5, 5.41) is 0. The molecule has 0 fully saturated rings. The molecule has 0 unspecified atom stereocenters. The molecule has 554 valence electrons. The minimum absolute atomic E-state index is 0. The molecule has 0 N–H and O–H groups in total. The second kappa shape index (κ2) is 87.8. The molecule has 0 saturated heterocycles. The van der Waals surface area contributed by atoms with E-state index in [0.717, 1.165) is 109 Å². The van der Waals surface area contributed by atoms with Crippen molar-refractivity contribution < 1.29 is 95.3 Å². The molecule has 0 radical (unpaired) electrons. The molecule has 0 aliphatic carbocycles. The van der Waals surface area contributed by atoms with Crippen molar-refractivity contribution in [1.29, 1.82) is 0 Å². The number of unbranched alkanes of at least 4 members (excludes halogenated alkanes) is 5. The summed E-state index contributed by atoms with van der Waals surface area (Å²) < 4.78 is 48.0. The summed E-state index contributed by atoms with van der Waals surface area (Å²) in [6, 6.07) is 0. The topological polar surface area (TPSA) is 263 Å². The number of esters is 10. The van der Waals surface area contributed by atoms with Crippen molar-refractivity contribution in [2.75, 3.05) is 66.1 Å². The van der Waals surface area contributed by atoms with Crippen LogP contribution in [0, 0.1) is 22.7 Å². The van der Waals surface area contributed by atoms with Crippen molar-refractivity contribution in [2.24, 2.45) is 22.7 Å².